The third-order valence-corrected chi connectivity index (χ3v) is 6.97. The zero-order valence-corrected chi connectivity index (χ0v) is 20.9. The Morgan fingerprint density at radius 3 is 2.15 bits per heavy atom. The molecular formula is C27H17F5N4O3S. The van der Waals surface area contributed by atoms with Crippen molar-refractivity contribution in [2.45, 2.75) is 11.1 Å². The van der Waals surface area contributed by atoms with Gasteiger partial charge in [0.2, 0.25) is 10.0 Å². The Hall–Kier alpha value is -4.62. The number of hydrogen-bond donors (Lipinski definition) is 2. The molecule has 3 N–H and O–H groups in total. The molecule has 13 heteroatoms. The molecule has 0 radical (unpaired) electrons. The predicted octanol–water partition coefficient (Wildman–Crippen LogP) is 5.89. The standard InChI is InChI=1S/C27H17F5N4O3S/c28-19-12-17(18-7-3-4-8-24(18)40(33,38)39)9-10-21(19)34-26(37)23-14-25(27(30,31)32)35-36(23)22-13-16-6-2-1-5-15(16)11-20(22)29/h1-14H,(H,34,37)(H2,33,38,39). The summed E-state index contributed by atoms with van der Waals surface area (Å²) in [5.41, 5.74) is -2.80. The van der Waals surface area contributed by atoms with Gasteiger partial charge in [0.15, 0.2) is 5.69 Å². The van der Waals surface area contributed by atoms with E-state index < -0.39 is 56.5 Å². The second-order valence-electron chi connectivity index (χ2n) is 8.67. The first kappa shape index (κ1) is 27.0. The van der Waals surface area contributed by atoms with Crippen molar-refractivity contribution in [3.63, 3.8) is 0 Å². The zero-order chi connectivity index (χ0) is 28.8. The molecule has 0 aliphatic carbocycles. The minimum Gasteiger partial charge on any atom is -0.318 e. The fraction of sp³-hybridized carbons (Fsp3) is 0.0370. The summed E-state index contributed by atoms with van der Waals surface area (Å²) in [5.74, 6) is -3.16. The van der Waals surface area contributed by atoms with Crippen LogP contribution in [0.15, 0.2) is 89.8 Å². The molecule has 0 atom stereocenters. The van der Waals surface area contributed by atoms with Gasteiger partial charge in [0, 0.05) is 11.6 Å². The number of nitrogens with one attached hydrogen (secondary N) is 1. The van der Waals surface area contributed by atoms with Crippen LogP contribution in [0.25, 0.3) is 27.6 Å². The van der Waals surface area contributed by atoms with E-state index in [4.69, 9.17) is 5.14 Å². The van der Waals surface area contributed by atoms with Crippen LogP contribution >= 0.6 is 0 Å². The number of halogens is 5. The summed E-state index contributed by atoms with van der Waals surface area (Å²) in [4.78, 5) is 12.8. The number of anilines is 1. The molecule has 204 valence electrons. The molecule has 1 heterocycles. The summed E-state index contributed by atoms with van der Waals surface area (Å²) in [6.07, 6.45) is -4.96. The van der Waals surface area contributed by atoms with E-state index in [0.29, 0.717) is 21.5 Å². The minimum absolute atomic E-state index is 0.0986. The van der Waals surface area contributed by atoms with Crippen LogP contribution < -0.4 is 10.5 Å². The topological polar surface area (TPSA) is 107 Å². The molecule has 0 unspecified atom stereocenters. The van der Waals surface area contributed by atoms with Crippen molar-refractivity contribution in [3.8, 4) is 16.8 Å². The Morgan fingerprint density at radius 2 is 1.50 bits per heavy atom. The molecule has 0 bridgehead atoms. The largest absolute Gasteiger partial charge is 0.435 e. The third kappa shape index (κ3) is 5.16. The molecule has 1 amide bonds. The normalized spacial score (nSPS) is 12.1. The smallest absolute Gasteiger partial charge is 0.318 e. The highest BCUT2D eigenvalue weighted by molar-refractivity contribution is 7.89. The summed E-state index contributed by atoms with van der Waals surface area (Å²) in [7, 11) is -4.14. The quantitative estimate of drug-likeness (QED) is 0.256. The van der Waals surface area contributed by atoms with Gasteiger partial charge < -0.3 is 5.32 Å². The lowest BCUT2D eigenvalue weighted by Crippen LogP contribution is -2.18. The molecule has 5 aromatic rings. The molecule has 40 heavy (non-hydrogen) atoms. The van der Waals surface area contributed by atoms with Crippen molar-refractivity contribution < 1.29 is 35.2 Å². The Morgan fingerprint density at radius 1 is 0.850 bits per heavy atom. The highest BCUT2D eigenvalue weighted by Gasteiger charge is 2.36. The first-order valence-corrected chi connectivity index (χ1v) is 13.0. The van der Waals surface area contributed by atoms with Gasteiger partial charge in [-0.2, -0.15) is 18.3 Å². The highest BCUT2D eigenvalue weighted by atomic mass is 32.2. The third-order valence-electron chi connectivity index (χ3n) is 6.00. The Bertz CT molecular complexity index is 1900. The van der Waals surface area contributed by atoms with Crippen molar-refractivity contribution in [2.75, 3.05) is 5.32 Å². The molecule has 7 nitrogen and oxygen atoms in total. The van der Waals surface area contributed by atoms with Crippen LogP contribution in [-0.2, 0) is 16.2 Å². The van der Waals surface area contributed by atoms with Crippen LogP contribution in [0.3, 0.4) is 0 Å². The average molecular weight is 573 g/mol. The maximum Gasteiger partial charge on any atom is 0.435 e. The molecular weight excluding hydrogens is 555 g/mol. The van der Waals surface area contributed by atoms with E-state index in [1.165, 1.54) is 36.4 Å². The van der Waals surface area contributed by atoms with Gasteiger partial charge in [-0.25, -0.2) is 27.0 Å². The predicted molar refractivity (Wildman–Crippen MR) is 137 cm³/mol. The van der Waals surface area contributed by atoms with Crippen LogP contribution in [0.4, 0.5) is 27.6 Å². The Balaban J connectivity index is 1.54. The summed E-state index contributed by atoms with van der Waals surface area (Å²) < 4.78 is 94.9. The lowest BCUT2D eigenvalue weighted by Gasteiger charge is -2.12. The number of rotatable bonds is 5. The van der Waals surface area contributed by atoms with Gasteiger partial charge in [0.05, 0.1) is 10.6 Å². The maximum absolute atomic E-state index is 15.0. The van der Waals surface area contributed by atoms with Gasteiger partial charge in [0.25, 0.3) is 5.91 Å². The molecule has 1 aromatic heterocycles. The van der Waals surface area contributed by atoms with Crippen LogP contribution in [0.2, 0.25) is 0 Å². The lowest BCUT2D eigenvalue weighted by atomic mass is 10.0. The molecule has 0 saturated heterocycles. The molecule has 5 rings (SSSR count). The van der Waals surface area contributed by atoms with Gasteiger partial charge in [-0.1, -0.05) is 48.5 Å². The van der Waals surface area contributed by atoms with E-state index in [0.717, 1.165) is 18.2 Å². The van der Waals surface area contributed by atoms with Crippen LogP contribution in [0.5, 0.6) is 0 Å². The number of hydrogen-bond acceptors (Lipinski definition) is 4. The summed E-state index contributed by atoms with van der Waals surface area (Å²) in [6, 6.07) is 18.2. The number of nitrogens with zero attached hydrogens (tertiary/aromatic N) is 2. The van der Waals surface area contributed by atoms with Crippen molar-refractivity contribution in [3.05, 3.63) is 108 Å². The molecule has 0 fully saturated rings. The maximum atomic E-state index is 15.0. The zero-order valence-electron chi connectivity index (χ0n) is 20.1. The van der Waals surface area contributed by atoms with Gasteiger partial charge in [0.1, 0.15) is 23.0 Å². The van der Waals surface area contributed by atoms with E-state index in [1.54, 1.807) is 24.3 Å². The van der Waals surface area contributed by atoms with Crippen molar-refractivity contribution in [2.24, 2.45) is 5.14 Å². The van der Waals surface area contributed by atoms with E-state index in [1.807, 2.05) is 0 Å². The SMILES string of the molecule is NS(=O)(=O)c1ccccc1-c1ccc(NC(=O)c2cc(C(F)(F)F)nn2-c2cc3ccccc3cc2F)c(F)c1. The number of carbonyl (C=O) groups is 1. The Labute approximate surface area is 223 Å². The van der Waals surface area contributed by atoms with Crippen LogP contribution in [0.1, 0.15) is 16.2 Å². The lowest BCUT2D eigenvalue weighted by molar-refractivity contribution is -0.141. The van der Waals surface area contributed by atoms with Crippen molar-refractivity contribution in [1.82, 2.24) is 9.78 Å². The fourth-order valence-corrected chi connectivity index (χ4v) is 4.91. The number of primary sulfonamides is 1. The first-order valence-electron chi connectivity index (χ1n) is 11.4. The average Bonchev–Trinajstić information content (AvgIpc) is 3.35. The van der Waals surface area contributed by atoms with E-state index in [-0.39, 0.29) is 16.0 Å². The minimum atomic E-state index is -4.96. The molecule has 0 aliphatic rings. The van der Waals surface area contributed by atoms with Gasteiger partial charge >= 0.3 is 6.18 Å². The number of sulfonamides is 1. The molecule has 0 aliphatic heterocycles. The number of nitrogens with two attached hydrogens (primary N) is 1. The van der Waals surface area contributed by atoms with Crippen LogP contribution in [0, 0.1) is 11.6 Å². The fourth-order valence-electron chi connectivity index (χ4n) is 4.15. The summed E-state index contributed by atoms with van der Waals surface area (Å²) in [6.45, 7) is 0. The monoisotopic (exact) mass is 572 g/mol. The van der Waals surface area contributed by atoms with E-state index in [9.17, 15) is 30.8 Å². The van der Waals surface area contributed by atoms with Gasteiger partial charge in [-0.15, -0.1) is 0 Å². The summed E-state index contributed by atoms with van der Waals surface area (Å²) in [5, 5.41) is 11.8. The van der Waals surface area contributed by atoms with Crippen molar-refractivity contribution in [1.29, 1.82) is 0 Å². The first-order chi connectivity index (χ1) is 18.8. The van der Waals surface area contributed by atoms with Gasteiger partial charge in [-0.05, 0) is 46.7 Å². The van der Waals surface area contributed by atoms with E-state index in [2.05, 4.69) is 10.4 Å². The Kier molecular flexibility index (Phi) is 6.64. The number of aromatic nitrogens is 2. The highest BCUT2D eigenvalue weighted by Crippen LogP contribution is 2.32. The second kappa shape index (κ2) is 9.84. The number of amides is 1. The van der Waals surface area contributed by atoms with Crippen LogP contribution in [-0.4, -0.2) is 24.1 Å². The number of alkyl halides is 3. The number of carbonyl (C=O) groups excluding carboxylic acids is 1. The number of fused-ring (bicyclic) bond motifs is 1. The van der Waals surface area contributed by atoms with E-state index >= 15 is 4.39 Å². The molecule has 0 saturated carbocycles. The number of benzene rings is 4. The van der Waals surface area contributed by atoms with Crippen molar-refractivity contribution >= 4 is 32.4 Å². The summed E-state index contributed by atoms with van der Waals surface area (Å²) >= 11 is 0. The van der Waals surface area contributed by atoms with Gasteiger partial charge in [-0.3, -0.25) is 4.79 Å². The molecule has 0 spiro atoms. The second-order valence-corrected chi connectivity index (χ2v) is 10.2. The molecule has 4 aromatic carbocycles.